The van der Waals surface area contributed by atoms with E-state index in [4.69, 9.17) is 0 Å². The molecule has 0 saturated carbocycles. The molecule has 2 aromatic rings. The highest BCUT2D eigenvalue weighted by Gasteiger charge is 2.03. The van der Waals surface area contributed by atoms with E-state index in [2.05, 4.69) is 20.9 Å². The molecule has 1 aromatic carbocycles. The first-order valence-electron chi connectivity index (χ1n) is 3.93. The van der Waals surface area contributed by atoms with E-state index >= 15 is 0 Å². The van der Waals surface area contributed by atoms with Gasteiger partial charge in [0, 0.05) is 9.86 Å². The lowest BCUT2D eigenvalue weighted by Crippen LogP contribution is -1.85. The molecule has 2 rings (SSSR count). The van der Waals surface area contributed by atoms with Crippen molar-refractivity contribution in [1.82, 2.24) is 4.98 Å². The molecule has 0 saturated heterocycles. The number of phenolic OH excluding ortho intramolecular Hbond substituents is 1. The first-order valence-corrected chi connectivity index (χ1v) is 4.72. The molecule has 0 unspecified atom stereocenters. The third-order valence-electron chi connectivity index (χ3n) is 1.95. The van der Waals surface area contributed by atoms with Gasteiger partial charge >= 0.3 is 0 Å². The fourth-order valence-corrected chi connectivity index (χ4v) is 1.58. The maximum atomic E-state index is 9.51. The van der Waals surface area contributed by atoms with Crippen molar-refractivity contribution in [1.29, 1.82) is 0 Å². The SMILES string of the molecule is Cc1nc2c(O)cccc2cc1Br. The van der Waals surface area contributed by atoms with Crippen LogP contribution in [-0.2, 0) is 0 Å². The van der Waals surface area contributed by atoms with Crippen LogP contribution >= 0.6 is 15.9 Å². The Hall–Kier alpha value is -1.09. The summed E-state index contributed by atoms with van der Waals surface area (Å²) in [6, 6.07) is 7.33. The molecular formula is C10H8BrNO. The lowest BCUT2D eigenvalue weighted by molar-refractivity contribution is 0.480. The topological polar surface area (TPSA) is 33.1 Å². The van der Waals surface area contributed by atoms with Crippen molar-refractivity contribution >= 4 is 26.8 Å². The molecule has 0 spiro atoms. The summed E-state index contributed by atoms with van der Waals surface area (Å²) in [5.74, 6) is 0.230. The van der Waals surface area contributed by atoms with Gasteiger partial charge in [-0.15, -0.1) is 0 Å². The number of hydrogen-bond donors (Lipinski definition) is 1. The van der Waals surface area contributed by atoms with Gasteiger partial charge < -0.3 is 5.11 Å². The monoisotopic (exact) mass is 237 g/mol. The van der Waals surface area contributed by atoms with E-state index < -0.39 is 0 Å². The number of pyridine rings is 1. The quantitative estimate of drug-likeness (QED) is 0.765. The molecule has 0 atom stereocenters. The van der Waals surface area contributed by atoms with Crippen LogP contribution in [0.4, 0.5) is 0 Å². The second kappa shape index (κ2) is 3.00. The van der Waals surface area contributed by atoms with Crippen molar-refractivity contribution in [3.05, 3.63) is 34.4 Å². The normalized spacial score (nSPS) is 10.6. The molecule has 2 nitrogen and oxygen atoms in total. The molecule has 0 aliphatic rings. The Kier molecular flexibility index (Phi) is 1.96. The number of rotatable bonds is 0. The number of phenols is 1. The number of benzene rings is 1. The van der Waals surface area contributed by atoms with Crippen LogP contribution in [0.3, 0.4) is 0 Å². The number of nitrogens with zero attached hydrogens (tertiary/aromatic N) is 1. The van der Waals surface area contributed by atoms with E-state index in [0.717, 1.165) is 15.6 Å². The van der Waals surface area contributed by atoms with E-state index in [-0.39, 0.29) is 5.75 Å². The fourth-order valence-electron chi connectivity index (χ4n) is 1.25. The number of aromatic hydroxyl groups is 1. The summed E-state index contributed by atoms with van der Waals surface area (Å²) in [5.41, 5.74) is 1.54. The number of aryl methyl sites for hydroxylation is 1. The lowest BCUT2D eigenvalue weighted by Gasteiger charge is -2.02. The smallest absolute Gasteiger partial charge is 0.141 e. The molecule has 1 heterocycles. The number of hydrogen-bond acceptors (Lipinski definition) is 2. The van der Waals surface area contributed by atoms with Crippen molar-refractivity contribution < 1.29 is 5.11 Å². The predicted octanol–water partition coefficient (Wildman–Crippen LogP) is 3.01. The van der Waals surface area contributed by atoms with Crippen LogP contribution in [0.2, 0.25) is 0 Å². The zero-order chi connectivity index (χ0) is 9.42. The number of halogens is 1. The van der Waals surface area contributed by atoms with Crippen molar-refractivity contribution in [2.45, 2.75) is 6.92 Å². The van der Waals surface area contributed by atoms with Crippen LogP contribution in [-0.4, -0.2) is 10.1 Å². The summed E-state index contributed by atoms with van der Waals surface area (Å²) < 4.78 is 0.964. The van der Waals surface area contributed by atoms with Crippen molar-refractivity contribution in [3.8, 4) is 5.75 Å². The van der Waals surface area contributed by atoms with E-state index in [1.807, 2.05) is 19.1 Å². The van der Waals surface area contributed by atoms with Crippen molar-refractivity contribution in [2.24, 2.45) is 0 Å². The Bertz CT molecular complexity index is 468. The van der Waals surface area contributed by atoms with Crippen LogP contribution in [0, 0.1) is 6.92 Å². The Morgan fingerprint density at radius 3 is 2.92 bits per heavy atom. The molecule has 0 radical (unpaired) electrons. The number of aromatic nitrogens is 1. The third-order valence-corrected chi connectivity index (χ3v) is 2.76. The van der Waals surface area contributed by atoms with Crippen LogP contribution in [0.15, 0.2) is 28.7 Å². The fraction of sp³-hybridized carbons (Fsp3) is 0.100. The van der Waals surface area contributed by atoms with Crippen LogP contribution < -0.4 is 0 Å². The van der Waals surface area contributed by atoms with Gasteiger partial charge in [-0.25, -0.2) is 4.98 Å². The molecule has 0 aliphatic carbocycles. The lowest BCUT2D eigenvalue weighted by atomic mass is 10.2. The second-order valence-electron chi connectivity index (χ2n) is 2.90. The van der Waals surface area contributed by atoms with E-state index in [0.29, 0.717) is 5.52 Å². The van der Waals surface area contributed by atoms with Gasteiger partial charge in [0.05, 0.1) is 5.69 Å². The first kappa shape index (κ1) is 8.51. The Balaban J connectivity index is 2.89. The summed E-state index contributed by atoms with van der Waals surface area (Å²) in [6.45, 7) is 1.90. The van der Waals surface area contributed by atoms with Gasteiger partial charge in [-0.05, 0) is 35.0 Å². The summed E-state index contributed by atoms with van der Waals surface area (Å²) in [5, 5.41) is 10.5. The first-order chi connectivity index (χ1) is 6.18. The highest BCUT2D eigenvalue weighted by molar-refractivity contribution is 9.10. The Labute approximate surface area is 84.4 Å². The van der Waals surface area contributed by atoms with Crippen molar-refractivity contribution in [3.63, 3.8) is 0 Å². The Morgan fingerprint density at radius 2 is 2.15 bits per heavy atom. The highest BCUT2D eigenvalue weighted by atomic mass is 79.9. The van der Waals surface area contributed by atoms with E-state index in [1.54, 1.807) is 12.1 Å². The second-order valence-corrected chi connectivity index (χ2v) is 3.76. The highest BCUT2D eigenvalue weighted by Crippen LogP contribution is 2.26. The molecule has 0 bridgehead atoms. The standard InChI is InChI=1S/C10H8BrNO/c1-6-8(11)5-7-3-2-4-9(13)10(7)12-6/h2-5,13H,1H3. The van der Waals surface area contributed by atoms with Gasteiger partial charge in [-0.3, -0.25) is 0 Å². The van der Waals surface area contributed by atoms with Gasteiger partial charge in [0.15, 0.2) is 0 Å². The van der Waals surface area contributed by atoms with E-state index in [9.17, 15) is 5.11 Å². The average molecular weight is 238 g/mol. The maximum Gasteiger partial charge on any atom is 0.141 e. The van der Waals surface area contributed by atoms with Gasteiger partial charge in [0.1, 0.15) is 11.3 Å². The van der Waals surface area contributed by atoms with Crippen LogP contribution in [0.5, 0.6) is 5.75 Å². The summed E-state index contributed by atoms with van der Waals surface area (Å²) in [7, 11) is 0. The zero-order valence-electron chi connectivity index (χ0n) is 7.08. The van der Waals surface area contributed by atoms with Gasteiger partial charge in [-0.1, -0.05) is 12.1 Å². The molecule has 1 aromatic heterocycles. The summed E-state index contributed by atoms with van der Waals surface area (Å²) in [6.07, 6.45) is 0. The molecule has 13 heavy (non-hydrogen) atoms. The van der Waals surface area contributed by atoms with Gasteiger partial charge in [0.25, 0.3) is 0 Å². The molecule has 0 amide bonds. The molecule has 0 aliphatic heterocycles. The summed E-state index contributed by atoms with van der Waals surface area (Å²) >= 11 is 3.40. The van der Waals surface area contributed by atoms with E-state index in [1.165, 1.54) is 0 Å². The predicted molar refractivity (Wildman–Crippen MR) is 55.8 cm³/mol. The van der Waals surface area contributed by atoms with Gasteiger partial charge in [0.2, 0.25) is 0 Å². The minimum atomic E-state index is 0.230. The average Bonchev–Trinajstić information content (AvgIpc) is 2.09. The number of fused-ring (bicyclic) bond motifs is 1. The third kappa shape index (κ3) is 1.40. The molecule has 0 fully saturated rings. The maximum absolute atomic E-state index is 9.51. The molecule has 3 heteroatoms. The van der Waals surface area contributed by atoms with Crippen LogP contribution in [0.25, 0.3) is 10.9 Å². The molecule has 66 valence electrons. The zero-order valence-corrected chi connectivity index (χ0v) is 8.67. The minimum Gasteiger partial charge on any atom is -0.506 e. The number of para-hydroxylation sites is 1. The minimum absolute atomic E-state index is 0.230. The largest absolute Gasteiger partial charge is 0.506 e. The Morgan fingerprint density at radius 1 is 1.38 bits per heavy atom. The van der Waals surface area contributed by atoms with Crippen molar-refractivity contribution in [2.75, 3.05) is 0 Å². The molecule has 1 N–H and O–H groups in total. The van der Waals surface area contributed by atoms with Crippen LogP contribution in [0.1, 0.15) is 5.69 Å². The van der Waals surface area contributed by atoms with Gasteiger partial charge in [-0.2, -0.15) is 0 Å². The summed E-state index contributed by atoms with van der Waals surface area (Å²) in [4.78, 5) is 4.28. The molecular weight excluding hydrogens is 230 g/mol.